The molecular weight excluding hydrogens is 274 g/mol. The monoisotopic (exact) mass is 303 g/mol. The summed E-state index contributed by atoms with van der Waals surface area (Å²) in [4.78, 5) is 16.9. The Hall–Kier alpha value is -1.39. The van der Waals surface area contributed by atoms with Gasteiger partial charge >= 0.3 is 0 Å². The zero-order chi connectivity index (χ0) is 15.9. The fourth-order valence-electron chi connectivity index (χ4n) is 2.93. The molecular formula is C18H29N3O. The molecule has 1 saturated heterocycles. The van der Waals surface area contributed by atoms with Gasteiger partial charge in [-0.2, -0.15) is 0 Å². The smallest absolute Gasteiger partial charge is 0.222 e. The maximum atomic E-state index is 11.9. The Morgan fingerprint density at radius 1 is 1.14 bits per heavy atom. The van der Waals surface area contributed by atoms with Gasteiger partial charge < -0.3 is 10.2 Å². The summed E-state index contributed by atoms with van der Waals surface area (Å²) < 4.78 is 0. The fourth-order valence-corrected chi connectivity index (χ4v) is 2.93. The highest BCUT2D eigenvalue weighted by atomic mass is 16.1. The Labute approximate surface area is 134 Å². The summed E-state index contributed by atoms with van der Waals surface area (Å²) in [5.74, 6) is 0.168. The van der Waals surface area contributed by atoms with Crippen molar-refractivity contribution in [3.63, 3.8) is 0 Å². The number of rotatable bonds is 6. The molecule has 0 radical (unpaired) electrons. The Balaban J connectivity index is 2.04. The SMILES string of the molecule is CCN1CCN(C(CNC(=O)C(C)C)c2ccccc2)CC1. The molecule has 0 saturated carbocycles. The average molecular weight is 303 g/mol. The molecule has 2 rings (SSSR count). The summed E-state index contributed by atoms with van der Waals surface area (Å²) in [6.45, 7) is 12.2. The predicted molar refractivity (Wildman–Crippen MR) is 90.7 cm³/mol. The van der Waals surface area contributed by atoms with E-state index in [0.29, 0.717) is 6.54 Å². The second-order valence-corrected chi connectivity index (χ2v) is 6.30. The van der Waals surface area contributed by atoms with Crippen LogP contribution in [0.15, 0.2) is 30.3 Å². The van der Waals surface area contributed by atoms with Gasteiger partial charge in [0.05, 0.1) is 6.04 Å². The molecule has 1 aliphatic rings. The molecule has 1 N–H and O–H groups in total. The lowest BCUT2D eigenvalue weighted by Crippen LogP contribution is -2.49. The molecule has 1 fully saturated rings. The Morgan fingerprint density at radius 3 is 2.32 bits per heavy atom. The first kappa shape index (κ1) is 17.0. The summed E-state index contributed by atoms with van der Waals surface area (Å²) in [5.41, 5.74) is 1.29. The van der Waals surface area contributed by atoms with Crippen LogP contribution in [-0.4, -0.2) is 55.0 Å². The van der Waals surface area contributed by atoms with Crippen molar-refractivity contribution < 1.29 is 4.79 Å². The molecule has 4 nitrogen and oxygen atoms in total. The van der Waals surface area contributed by atoms with Gasteiger partial charge in [-0.3, -0.25) is 9.69 Å². The Morgan fingerprint density at radius 2 is 1.77 bits per heavy atom. The van der Waals surface area contributed by atoms with Crippen molar-refractivity contribution in [1.82, 2.24) is 15.1 Å². The van der Waals surface area contributed by atoms with Crippen molar-refractivity contribution in [2.45, 2.75) is 26.8 Å². The summed E-state index contributed by atoms with van der Waals surface area (Å²) in [6.07, 6.45) is 0. The quantitative estimate of drug-likeness (QED) is 0.874. The van der Waals surface area contributed by atoms with Crippen molar-refractivity contribution in [1.29, 1.82) is 0 Å². The second-order valence-electron chi connectivity index (χ2n) is 6.30. The lowest BCUT2D eigenvalue weighted by molar-refractivity contribution is -0.124. The lowest BCUT2D eigenvalue weighted by Gasteiger charge is -2.39. The largest absolute Gasteiger partial charge is 0.354 e. The Bertz CT molecular complexity index is 453. The van der Waals surface area contributed by atoms with Crippen molar-refractivity contribution >= 4 is 5.91 Å². The first-order valence-electron chi connectivity index (χ1n) is 8.41. The van der Waals surface area contributed by atoms with E-state index in [-0.39, 0.29) is 17.9 Å². The molecule has 1 aromatic carbocycles. The van der Waals surface area contributed by atoms with Gasteiger partial charge in [-0.25, -0.2) is 0 Å². The third-order valence-electron chi connectivity index (χ3n) is 4.47. The summed E-state index contributed by atoms with van der Waals surface area (Å²) in [5, 5.41) is 3.11. The van der Waals surface area contributed by atoms with Crippen LogP contribution in [0.25, 0.3) is 0 Å². The van der Waals surface area contributed by atoms with Crippen LogP contribution in [0, 0.1) is 5.92 Å². The number of carbonyl (C=O) groups is 1. The minimum absolute atomic E-state index is 0.0355. The van der Waals surface area contributed by atoms with Gasteiger partial charge in [0.1, 0.15) is 0 Å². The second kappa shape index (κ2) is 8.30. The van der Waals surface area contributed by atoms with Crippen LogP contribution >= 0.6 is 0 Å². The third kappa shape index (κ3) is 4.55. The summed E-state index contributed by atoms with van der Waals surface area (Å²) in [6, 6.07) is 10.8. The molecule has 1 aromatic rings. The van der Waals surface area contributed by atoms with Gasteiger partial charge in [0.25, 0.3) is 0 Å². The standard InChI is InChI=1S/C18H29N3O/c1-4-20-10-12-21(13-11-20)17(14-19-18(22)15(2)3)16-8-6-5-7-9-16/h5-9,15,17H,4,10-14H2,1-3H3,(H,19,22). The van der Waals surface area contributed by atoms with Gasteiger partial charge in [0, 0.05) is 38.6 Å². The molecule has 122 valence electrons. The van der Waals surface area contributed by atoms with E-state index in [0.717, 1.165) is 32.7 Å². The van der Waals surface area contributed by atoms with E-state index in [2.05, 4.69) is 46.3 Å². The van der Waals surface area contributed by atoms with Crippen LogP contribution in [-0.2, 0) is 4.79 Å². The van der Waals surface area contributed by atoms with E-state index < -0.39 is 0 Å². The fraction of sp³-hybridized carbons (Fsp3) is 0.611. The zero-order valence-corrected chi connectivity index (χ0v) is 14.1. The van der Waals surface area contributed by atoms with E-state index in [1.165, 1.54) is 5.56 Å². The highest BCUT2D eigenvalue weighted by Crippen LogP contribution is 2.21. The lowest BCUT2D eigenvalue weighted by atomic mass is 10.0. The van der Waals surface area contributed by atoms with Gasteiger partial charge in [-0.05, 0) is 12.1 Å². The number of piperazine rings is 1. The van der Waals surface area contributed by atoms with Gasteiger partial charge in [0.2, 0.25) is 5.91 Å². The molecule has 0 aliphatic carbocycles. The summed E-state index contributed by atoms with van der Waals surface area (Å²) >= 11 is 0. The molecule has 0 aromatic heterocycles. The van der Waals surface area contributed by atoms with Gasteiger partial charge in [0.15, 0.2) is 0 Å². The molecule has 4 heteroatoms. The molecule has 1 heterocycles. The molecule has 1 unspecified atom stereocenters. The number of amides is 1. The maximum Gasteiger partial charge on any atom is 0.222 e. The number of hydrogen-bond donors (Lipinski definition) is 1. The van der Waals surface area contributed by atoms with Crippen molar-refractivity contribution in [2.75, 3.05) is 39.3 Å². The molecule has 1 atom stereocenters. The third-order valence-corrected chi connectivity index (χ3v) is 4.47. The van der Waals surface area contributed by atoms with Crippen molar-refractivity contribution in [3.8, 4) is 0 Å². The highest BCUT2D eigenvalue weighted by molar-refractivity contribution is 5.77. The van der Waals surface area contributed by atoms with E-state index in [9.17, 15) is 4.79 Å². The number of likely N-dealkylation sites (N-methyl/N-ethyl adjacent to an activating group) is 1. The number of nitrogens with zero attached hydrogens (tertiary/aromatic N) is 2. The molecule has 22 heavy (non-hydrogen) atoms. The number of nitrogens with one attached hydrogen (secondary N) is 1. The van der Waals surface area contributed by atoms with Crippen molar-refractivity contribution in [3.05, 3.63) is 35.9 Å². The van der Waals surface area contributed by atoms with Crippen LogP contribution in [0.1, 0.15) is 32.4 Å². The first-order chi connectivity index (χ1) is 10.6. The molecule has 1 aliphatic heterocycles. The number of benzene rings is 1. The molecule has 1 amide bonds. The topological polar surface area (TPSA) is 35.6 Å². The predicted octanol–water partition coefficient (Wildman–Crippen LogP) is 2.14. The summed E-state index contributed by atoms with van der Waals surface area (Å²) in [7, 11) is 0. The van der Waals surface area contributed by atoms with Crippen LogP contribution in [0.2, 0.25) is 0 Å². The zero-order valence-electron chi connectivity index (χ0n) is 14.1. The molecule has 0 spiro atoms. The maximum absolute atomic E-state index is 11.9. The van der Waals surface area contributed by atoms with Crippen molar-refractivity contribution in [2.24, 2.45) is 5.92 Å². The van der Waals surface area contributed by atoms with E-state index in [1.807, 2.05) is 19.9 Å². The minimum atomic E-state index is 0.0355. The van der Waals surface area contributed by atoms with Crippen LogP contribution < -0.4 is 5.32 Å². The van der Waals surface area contributed by atoms with Crippen LogP contribution in [0.5, 0.6) is 0 Å². The van der Waals surface area contributed by atoms with E-state index >= 15 is 0 Å². The molecule has 0 bridgehead atoms. The van der Waals surface area contributed by atoms with Gasteiger partial charge in [-0.1, -0.05) is 51.1 Å². The van der Waals surface area contributed by atoms with E-state index in [1.54, 1.807) is 0 Å². The normalized spacial score (nSPS) is 18.4. The van der Waals surface area contributed by atoms with Gasteiger partial charge in [-0.15, -0.1) is 0 Å². The van der Waals surface area contributed by atoms with E-state index in [4.69, 9.17) is 0 Å². The number of carbonyl (C=O) groups excluding carboxylic acids is 1. The first-order valence-corrected chi connectivity index (χ1v) is 8.41. The average Bonchev–Trinajstić information content (AvgIpc) is 2.56. The Kier molecular flexibility index (Phi) is 6.40. The van der Waals surface area contributed by atoms with Crippen LogP contribution in [0.3, 0.4) is 0 Å². The van der Waals surface area contributed by atoms with Crippen LogP contribution in [0.4, 0.5) is 0 Å². The minimum Gasteiger partial charge on any atom is -0.354 e. The highest BCUT2D eigenvalue weighted by Gasteiger charge is 2.25. The number of hydrogen-bond acceptors (Lipinski definition) is 3.